The zero-order chi connectivity index (χ0) is 19.8. The molecule has 1 unspecified atom stereocenters. The highest BCUT2D eigenvalue weighted by Gasteiger charge is 2.19. The maximum Gasteiger partial charge on any atom is 0.243 e. The number of amides is 2. The quantitative estimate of drug-likeness (QED) is 0.691. The second kappa shape index (κ2) is 10.1. The minimum atomic E-state index is -0.252. The maximum absolute atomic E-state index is 12.4. The normalized spacial score (nSPS) is 11.9. The average molecular weight is 390 g/mol. The molecule has 7 heteroatoms. The van der Waals surface area contributed by atoms with Crippen LogP contribution in [0.1, 0.15) is 24.8 Å². The molecule has 0 saturated carbocycles. The van der Waals surface area contributed by atoms with E-state index in [2.05, 4.69) is 30.5 Å². The van der Waals surface area contributed by atoms with Crippen LogP contribution in [0.15, 0.2) is 41.8 Å². The summed E-state index contributed by atoms with van der Waals surface area (Å²) in [5.41, 5.74) is 0.635. The SMILES string of the molecule is COc1cccc(NC(=O)CN(C)C(=O)CNC(c2cccs2)C(C)C)c1. The van der Waals surface area contributed by atoms with Crippen molar-refractivity contribution in [2.45, 2.75) is 19.9 Å². The first-order valence-corrected chi connectivity index (χ1v) is 9.73. The lowest BCUT2D eigenvalue weighted by Gasteiger charge is -2.23. The molecule has 1 aromatic heterocycles. The first-order chi connectivity index (χ1) is 12.9. The summed E-state index contributed by atoms with van der Waals surface area (Å²) in [7, 11) is 3.20. The number of thiophene rings is 1. The molecule has 0 bridgehead atoms. The molecule has 1 atom stereocenters. The second-order valence-electron chi connectivity index (χ2n) is 6.65. The topological polar surface area (TPSA) is 70.7 Å². The predicted octanol–water partition coefficient (Wildman–Crippen LogP) is 3.14. The lowest BCUT2D eigenvalue weighted by Crippen LogP contribution is -2.41. The highest BCUT2D eigenvalue weighted by Crippen LogP contribution is 2.25. The Morgan fingerprint density at radius 2 is 2.00 bits per heavy atom. The van der Waals surface area contributed by atoms with Crippen LogP contribution in [0.2, 0.25) is 0 Å². The summed E-state index contributed by atoms with van der Waals surface area (Å²) in [6.07, 6.45) is 0. The lowest BCUT2D eigenvalue weighted by molar-refractivity contribution is -0.132. The first-order valence-electron chi connectivity index (χ1n) is 8.85. The highest BCUT2D eigenvalue weighted by atomic mass is 32.1. The Bertz CT molecular complexity index is 747. The molecule has 0 radical (unpaired) electrons. The molecular weight excluding hydrogens is 362 g/mol. The Labute approximate surface area is 164 Å². The van der Waals surface area contributed by atoms with Crippen molar-refractivity contribution in [1.29, 1.82) is 0 Å². The van der Waals surface area contributed by atoms with Gasteiger partial charge in [-0.1, -0.05) is 26.0 Å². The van der Waals surface area contributed by atoms with Crippen LogP contribution in [0.25, 0.3) is 0 Å². The van der Waals surface area contributed by atoms with Gasteiger partial charge in [-0.25, -0.2) is 0 Å². The van der Waals surface area contributed by atoms with Crippen LogP contribution in [0.3, 0.4) is 0 Å². The van der Waals surface area contributed by atoms with Gasteiger partial charge in [0.1, 0.15) is 5.75 Å². The molecule has 27 heavy (non-hydrogen) atoms. The van der Waals surface area contributed by atoms with Crippen molar-refractivity contribution in [3.05, 3.63) is 46.7 Å². The number of carbonyl (C=O) groups excluding carboxylic acids is 2. The number of ether oxygens (including phenoxy) is 1. The fraction of sp³-hybridized carbons (Fsp3) is 0.400. The van der Waals surface area contributed by atoms with E-state index in [1.54, 1.807) is 49.8 Å². The summed E-state index contributed by atoms with van der Waals surface area (Å²) in [6, 6.07) is 11.3. The van der Waals surface area contributed by atoms with Crippen molar-refractivity contribution < 1.29 is 14.3 Å². The van der Waals surface area contributed by atoms with E-state index in [4.69, 9.17) is 4.74 Å². The van der Waals surface area contributed by atoms with Crippen LogP contribution in [0.5, 0.6) is 5.75 Å². The van der Waals surface area contributed by atoms with E-state index in [1.807, 2.05) is 11.4 Å². The van der Waals surface area contributed by atoms with Crippen LogP contribution in [-0.4, -0.2) is 44.0 Å². The molecule has 0 aliphatic rings. The predicted molar refractivity (Wildman–Crippen MR) is 109 cm³/mol. The molecule has 2 N–H and O–H groups in total. The molecule has 0 aliphatic heterocycles. The van der Waals surface area contributed by atoms with E-state index in [0.29, 0.717) is 17.4 Å². The van der Waals surface area contributed by atoms with E-state index in [0.717, 1.165) is 0 Å². The summed E-state index contributed by atoms with van der Waals surface area (Å²) in [6.45, 7) is 4.41. The molecule has 1 heterocycles. The molecule has 146 valence electrons. The average Bonchev–Trinajstić information content (AvgIpc) is 3.15. The number of nitrogens with one attached hydrogen (secondary N) is 2. The van der Waals surface area contributed by atoms with Gasteiger partial charge in [0.05, 0.1) is 20.2 Å². The largest absolute Gasteiger partial charge is 0.497 e. The van der Waals surface area contributed by atoms with Gasteiger partial charge in [0, 0.05) is 29.7 Å². The van der Waals surface area contributed by atoms with E-state index in [9.17, 15) is 9.59 Å². The molecule has 2 amide bonds. The molecular formula is C20H27N3O3S. The van der Waals surface area contributed by atoms with Crippen molar-refractivity contribution in [3.63, 3.8) is 0 Å². The number of nitrogens with zero attached hydrogens (tertiary/aromatic N) is 1. The minimum absolute atomic E-state index is 0.0108. The first kappa shape index (κ1) is 20.9. The van der Waals surface area contributed by atoms with Crippen LogP contribution in [0.4, 0.5) is 5.69 Å². The van der Waals surface area contributed by atoms with Crippen molar-refractivity contribution in [2.75, 3.05) is 32.6 Å². The van der Waals surface area contributed by atoms with Gasteiger partial charge in [-0.2, -0.15) is 0 Å². The highest BCUT2D eigenvalue weighted by molar-refractivity contribution is 7.10. The smallest absolute Gasteiger partial charge is 0.243 e. The zero-order valence-electron chi connectivity index (χ0n) is 16.2. The van der Waals surface area contributed by atoms with E-state index in [-0.39, 0.29) is 30.9 Å². The van der Waals surface area contributed by atoms with Crippen molar-refractivity contribution >= 4 is 28.8 Å². The van der Waals surface area contributed by atoms with Crippen LogP contribution in [-0.2, 0) is 9.59 Å². The van der Waals surface area contributed by atoms with Gasteiger partial charge in [-0.05, 0) is 29.5 Å². The van der Waals surface area contributed by atoms with Crippen LogP contribution < -0.4 is 15.4 Å². The number of benzene rings is 1. The van der Waals surface area contributed by atoms with Crippen molar-refractivity contribution in [1.82, 2.24) is 10.2 Å². The fourth-order valence-corrected chi connectivity index (χ4v) is 3.64. The molecule has 2 aromatic rings. The standard InChI is InChI=1S/C20H27N3O3S/c1-14(2)20(17-9-6-10-27-17)21-12-19(25)23(3)13-18(24)22-15-7-5-8-16(11-15)26-4/h5-11,14,20-21H,12-13H2,1-4H3,(H,22,24). The van der Waals surface area contributed by atoms with E-state index in [1.165, 1.54) is 9.78 Å². The Morgan fingerprint density at radius 3 is 2.63 bits per heavy atom. The molecule has 0 saturated heterocycles. The maximum atomic E-state index is 12.4. The molecule has 1 aromatic carbocycles. The number of carbonyl (C=O) groups is 2. The number of rotatable bonds is 9. The summed E-state index contributed by atoms with van der Waals surface area (Å²) < 4.78 is 5.14. The Balaban J connectivity index is 1.84. The summed E-state index contributed by atoms with van der Waals surface area (Å²) >= 11 is 1.67. The van der Waals surface area contributed by atoms with Gasteiger partial charge in [0.25, 0.3) is 0 Å². The van der Waals surface area contributed by atoms with Gasteiger partial charge < -0.3 is 20.3 Å². The van der Waals surface area contributed by atoms with Crippen molar-refractivity contribution in [2.24, 2.45) is 5.92 Å². The fourth-order valence-electron chi connectivity index (χ4n) is 2.67. The zero-order valence-corrected chi connectivity index (χ0v) is 17.0. The van der Waals surface area contributed by atoms with Crippen molar-refractivity contribution in [3.8, 4) is 5.75 Å². The second-order valence-corrected chi connectivity index (χ2v) is 7.63. The Kier molecular flexibility index (Phi) is 7.82. The third-order valence-electron chi connectivity index (χ3n) is 4.15. The number of hydrogen-bond donors (Lipinski definition) is 2. The molecule has 0 fully saturated rings. The van der Waals surface area contributed by atoms with Crippen LogP contribution in [0, 0.1) is 5.92 Å². The van der Waals surface area contributed by atoms with Crippen LogP contribution >= 0.6 is 11.3 Å². The molecule has 6 nitrogen and oxygen atoms in total. The van der Waals surface area contributed by atoms with Gasteiger partial charge in [-0.3, -0.25) is 9.59 Å². The summed E-state index contributed by atoms with van der Waals surface area (Å²) in [4.78, 5) is 27.2. The third kappa shape index (κ3) is 6.37. The Hall–Kier alpha value is -2.38. The Morgan fingerprint density at radius 1 is 1.22 bits per heavy atom. The van der Waals surface area contributed by atoms with E-state index < -0.39 is 0 Å². The number of methoxy groups -OCH3 is 1. The number of likely N-dealkylation sites (N-methyl/N-ethyl adjacent to an activating group) is 1. The number of hydrogen-bond acceptors (Lipinski definition) is 5. The van der Waals surface area contributed by atoms with E-state index >= 15 is 0 Å². The molecule has 2 rings (SSSR count). The number of anilines is 1. The van der Waals surface area contributed by atoms with Gasteiger partial charge in [-0.15, -0.1) is 11.3 Å². The minimum Gasteiger partial charge on any atom is -0.497 e. The summed E-state index contributed by atoms with van der Waals surface area (Å²) in [5.74, 6) is 0.642. The van der Waals surface area contributed by atoms with Gasteiger partial charge in [0.15, 0.2) is 0 Å². The molecule has 0 aliphatic carbocycles. The summed E-state index contributed by atoms with van der Waals surface area (Å²) in [5, 5.41) is 8.12. The van der Waals surface area contributed by atoms with Gasteiger partial charge >= 0.3 is 0 Å². The lowest BCUT2D eigenvalue weighted by atomic mass is 10.0. The molecule has 0 spiro atoms. The monoisotopic (exact) mass is 389 g/mol. The third-order valence-corrected chi connectivity index (χ3v) is 5.11. The van der Waals surface area contributed by atoms with Gasteiger partial charge in [0.2, 0.25) is 11.8 Å².